The van der Waals surface area contributed by atoms with E-state index < -0.39 is 0 Å². The van der Waals surface area contributed by atoms with Crippen molar-refractivity contribution in [2.75, 3.05) is 11.9 Å². The summed E-state index contributed by atoms with van der Waals surface area (Å²) in [7, 11) is 0. The maximum Gasteiger partial charge on any atom is 0.271 e. The third-order valence-electron chi connectivity index (χ3n) is 4.00. The Morgan fingerprint density at radius 3 is 2.56 bits per heavy atom. The van der Waals surface area contributed by atoms with Crippen molar-refractivity contribution in [1.82, 2.24) is 15.3 Å². The predicted molar refractivity (Wildman–Crippen MR) is 102 cm³/mol. The van der Waals surface area contributed by atoms with E-state index in [2.05, 4.69) is 27.5 Å². The molecule has 0 aliphatic carbocycles. The number of amides is 1. The van der Waals surface area contributed by atoms with Gasteiger partial charge in [0.25, 0.3) is 5.91 Å². The van der Waals surface area contributed by atoms with Gasteiger partial charge in [-0.15, -0.1) is 0 Å². The maximum atomic E-state index is 12.2. The first-order valence-corrected chi connectivity index (χ1v) is 9.17. The second kappa shape index (κ2) is 11.2. The van der Waals surface area contributed by atoms with E-state index >= 15 is 0 Å². The number of aromatic nitrogens is 2. The molecule has 0 spiro atoms. The van der Waals surface area contributed by atoms with Gasteiger partial charge in [0.05, 0.1) is 12.4 Å². The molecule has 2 aromatic rings. The van der Waals surface area contributed by atoms with Crippen LogP contribution in [0.4, 0.5) is 5.82 Å². The highest BCUT2D eigenvalue weighted by Crippen LogP contribution is 2.07. The van der Waals surface area contributed by atoms with Crippen LogP contribution in [0.15, 0.2) is 42.7 Å². The fourth-order valence-corrected chi connectivity index (χ4v) is 2.55. The van der Waals surface area contributed by atoms with Crippen LogP contribution in [-0.2, 0) is 6.54 Å². The Kier molecular flexibility index (Phi) is 8.45. The minimum absolute atomic E-state index is 0.209. The standard InChI is InChI=1S/C20H28N4O/c1-2-3-4-5-6-10-13-22-19-16-21-15-18(24-19)20(25)23-14-17-11-8-7-9-12-17/h7-9,11-12,15-16H,2-6,10,13-14H2,1H3,(H,22,24)(H,23,25). The van der Waals surface area contributed by atoms with Crippen LogP contribution in [0.5, 0.6) is 0 Å². The summed E-state index contributed by atoms with van der Waals surface area (Å²) in [5, 5.41) is 6.12. The number of carbonyl (C=O) groups excluding carboxylic acids is 1. The maximum absolute atomic E-state index is 12.2. The van der Waals surface area contributed by atoms with E-state index in [1.165, 1.54) is 38.3 Å². The summed E-state index contributed by atoms with van der Waals surface area (Å²) >= 11 is 0. The molecule has 0 aliphatic rings. The summed E-state index contributed by atoms with van der Waals surface area (Å²) in [5.41, 5.74) is 1.39. The van der Waals surface area contributed by atoms with Crippen LogP contribution in [-0.4, -0.2) is 22.4 Å². The van der Waals surface area contributed by atoms with E-state index in [4.69, 9.17) is 0 Å². The van der Waals surface area contributed by atoms with Crippen molar-refractivity contribution in [3.63, 3.8) is 0 Å². The Balaban J connectivity index is 1.73. The van der Waals surface area contributed by atoms with E-state index in [0.717, 1.165) is 18.5 Å². The minimum atomic E-state index is -0.209. The number of unbranched alkanes of at least 4 members (excludes halogenated alkanes) is 5. The zero-order valence-corrected chi connectivity index (χ0v) is 15.0. The van der Waals surface area contributed by atoms with Crippen LogP contribution >= 0.6 is 0 Å². The molecule has 5 nitrogen and oxygen atoms in total. The van der Waals surface area contributed by atoms with Crippen molar-refractivity contribution < 1.29 is 4.79 Å². The van der Waals surface area contributed by atoms with Gasteiger partial charge in [0.1, 0.15) is 11.5 Å². The van der Waals surface area contributed by atoms with Crippen LogP contribution in [0.3, 0.4) is 0 Å². The SMILES string of the molecule is CCCCCCCCNc1cncc(C(=O)NCc2ccccc2)n1. The molecule has 25 heavy (non-hydrogen) atoms. The van der Waals surface area contributed by atoms with Crippen molar-refractivity contribution in [2.24, 2.45) is 0 Å². The minimum Gasteiger partial charge on any atom is -0.369 e. The molecular weight excluding hydrogens is 312 g/mol. The van der Waals surface area contributed by atoms with Crippen LogP contribution in [0.2, 0.25) is 0 Å². The summed E-state index contributed by atoms with van der Waals surface area (Å²) < 4.78 is 0. The molecule has 5 heteroatoms. The van der Waals surface area contributed by atoms with Crippen LogP contribution < -0.4 is 10.6 Å². The lowest BCUT2D eigenvalue weighted by atomic mass is 10.1. The number of rotatable bonds is 11. The molecule has 2 rings (SSSR count). The highest BCUT2D eigenvalue weighted by Gasteiger charge is 2.08. The van der Waals surface area contributed by atoms with Crippen molar-refractivity contribution in [1.29, 1.82) is 0 Å². The highest BCUT2D eigenvalue weighted by molar-refractivity contribution is 5.92. The van der Waals surface area contributed by atoms with E-state index in [1.807, 2.05) is 30.3 Å². The predicted octanol–water partition coefficient (Wildman–Crippen LogP) is 4.18. The summed E-state index contributed by atoms with van der Waals surface area (Å²) in [5.74, 6) is 0.445. The normalized spacial score (nSPS) is 10.4. The van der Waals surface area contributed by atoms with Crippen molar-refractivity contribution >= 4 is 11.7 Å². The highest BCUT2D eigenvalue weighted by atomic mass is 16.1. The molecule has 1 aromatic carbocycles. The van der Waals surface area contributed by atoms with E-state index in [1.54, 1.807) is 6.20 Å². The number of benzene rings is 1. The lowest BCUT2D eigenvalue weighted by Gasteiger charge is -2.08. The molecule has 0 radical (unpaired) electrons. The van der Waals surface area contributed by atoms with Crippen LogP contribution in [0, 0.1) is 0 Å². The molecule has 0 atom stereocenters. The average molecular weight is 340 g/mol. The van der Waals surface area contributed by atoms with Gasteiger partial charge in [-0.2, -0.15) is 0 Å². The molecule has 0 unspecified atom stereocenters. The van der Waals surface area contributed by atoms with Crippen LogP contribution in [0.25, 0.3) is 0 Å². The number of nitrogens with one attached hydrogen (secondary N) is 2. The fraction of sp³-hybridized carbons (Fsp3) is 0.450. The first kappa shape index (κ1) is 18.9. The molecule has 0 fully saturated rings. The molecular formula is C20H28N4O. The van der Waals surface area contributed by atoms with Gasteiger partial charge < -0.3 is 10.6 Å². The van der Waals surface area contributed by atoms with Gasteiger partial charge in [0.15, 0.2) is 0 Å². The van der Waals surface area contributed by atoms with Gasteiger partial charge in [-0.1, -0.05) is 69.4 Å². The second-order valence-electron chi connectivity index (χ2n) is 6.15. The lowest BCUT2D eigenvalue weighted by Crippen LogP contribution is -2.24. The third-order valence-corrected chi connectivity index (χ3v) is 4.00. The van der Waals surface area contributed by atoms with Gasteiger partial charge >= 0.3 is 0 Å². The van der Waals surface area contributed by atoms with E-state index in [-0.39, 0.29) is 5.91 Å². The van der Waals surface area contributed by atoms with Crippen molar-refractivity contribution in [3.05, 3.63) is 54.0 Å². The quantitative estimate of drug-likeness (QED) is 0.602. The Labute approximate surface area is 150 Å². The summed E-state index contributed by atoms with van der Waals surface area (Å²) in [6.45, 7) is 3.57. The van der Waals surface area contributed by atoms with Crippen molar-refractivity contribution in [2.45, 2.75) is 52.0 Å². The lowest BCUT2D eigenvalue weighted by molar-refractivity contribution is 0.0945. The number of carbonyl (C=O) groups is 1. The van der Waals surface area contributed by atoms with E-state index in [9.17, 15) is 4.79 Å². The Bertz CT molecular complexity index is 631. The smallest absolute Gasteiger partial charge is 0.271 e. The molecule has 0 saturated carbocycles. The second-order valence-corrected chi connectivity index (χ2v) is 6.15. The Hall–Kier alpha value is -2.43. The first-order chi connectivity index (χ1) is 12.3. The summed E-state index contributed by atoms with van der Waals surface area (Å²) in [6, 6.07) is 9.81. The largest absolute Gasteiger partial charge is 0.369 e. The molecule has 1 amide bonds. The number of hydrogen-bond donors (Lipinski definition) is 2. The molecule has 0 aliphatic heterocycles. The zero-order chi connectivity index (χ0) is 17.7. The molecule has 1 aromatic heterocycles. The van der Waals surface area contributed by atoms with Crippen LogP contribution in [0.1, 0.15) is 61.5 Å². The van der Waals surface area contributed by atoms with Gasteiger partial charge in [-0.05, 0) is 12.0 Å². The van der Waals surface area contributed by atoms with Gasteiger partial charge in [0.2, 0.25) is 0 Å². The van der Waals surface area contributed by atoms with Gasteiger partial charge in [-0.3, -0.25) is 9.78 Å². The number of hydrogen-bond acceptors (Lipinski definition) is 4. The average Bonchev–Trinajstić information content (AvgIpc) is 2.66. The topological polar surface area (TPSA) is 66.9 Å². The molecule has 1 heterocycles. The number of anilines is 1. The van der Waals surface area contributed by atoms with Gasteiger partial charge in [0, 0.05) is 13.1 Å². The zero-order valence-electron chi connectivity index (χ0n) is 15.0. The number of nitrogens with zero attached hydrogens (tertiary/aromatic N) is 2. The Morgan fingerprint density at radius 1 is 1.00 bits per heavy atom. The summed E-state index contributed by atoms with van der Waals surface area (Å²) in [4.78, 5) is 20.7. The molecule has 2 N–H and O–H groups in total. The van der Waals surface area contributed by atoms with Crippen molar-refractivity contribution in [3.8, 4) is 0 Å². The summed E-state index contributed by atoms with van der Waals surface area (Å²) in [6.07, 6.45) is 10.7. The fourth-order valence-electron chi connectivity index (χ4n) is 2.55. The molecule has 0 bridgehead atoms. The first-order valence-electron chi connectivity index (χ1n) is 9.17. The van der Waals surface area contributed by atoms with E-state index in [0.29, 0.717) is 18.1 Å². The molecule has 134 valence electrons. The molecule has 0 saturated heterocycles. The third kappa shape index (κ3) is 7.33. The Morgan fingerprint density at radius 2 is 1.76 bits per heavy atom. The monoisotopic (exact) mass is 340 g/mol. The van der Waals surface area contributed by atoms with Gasteiger partial charge in [-0.25, -0.2) is 4.98 Å².